The lowest BCUT2D eigenvalue weighted by Crippen LogP contribution is -2.37. The monoisotopic (exact) mass is 141 g/mol. The van der Waals surface area contributed by atoms with Crippen molar-refractivity contribution in [3.63, 3.8) is 0 Å². The normalized spacial score (nSPS) is 10.4. The standard InChI is InChI=1S/C8H15NO/c1-4-5-6-10-7-8(2,3)9/h6-7,9H2,1-3H3. The minimum Gasteiger partial charge on any atom is -0.367 e. The fraction of sp³-hybridized carbons (Fsp3) is 0.750. The van der Waals surface area contributed by atoms with E-state index in [9.17, 15) is 0 Å². The lowest BCUT2D eigenvalue weighted by molar-refractivity contribution is 0.124. The average Bonchev–Trinajstić information content (AvgIpc) is 1.78. The molecule has 0 aromatic heterocycles. The van der Waals surface area contributed by atoms with Crippen molar-refractivity contribution in [3.8, 4) is 11.8 Å². The molecule has 2 N–H and O–H groups in total. The summed E-state index contributed by atoms with van der Waals surface area (Å²) in [6.07, 6.45) is 0. The fourth-order valence-corrected chi connectivity index (χ4v) is 0.437. The fourth-order valence-electron chi connectivity index (χ4n) is 0.437. The second-order valence-electron chi connectivity index (χ2n) is 2.91. The molecule has 0 fully saturated rings. The molecule has 0 spiro atoms. The third-order valence-electron chi connectivity index (χ3n) is 0.825. The van der Waals surface area contributed by atoms with Crippen LogP contribution in [0.2, 0.25) is 0 Å². The number of rotatable bonds is 3. The third-order valence-corrected chi connectivity index (χ3v) is 0.825. The number of hydrogen-bond acceptors (Lipinski definition) is 2. The molecule has 2 nitrogen and oxygen atoms in total. The van der Waals surface area contributed by atoms with E-state index in [-0.39, 0.29) is 5.54 Å². The van der Waals surface area contributed by atoms with Gasteiger partial charge in [-0.1, -0.05) is 5.92 Å². The van der Waals surface area contributed by atoms with Crippen LogP contribution in [0.4, 0.5) is 0 Å². The van der Waals surface area contributed by atoms with Crippen molar-refractivity contribution >= 4 is 0 Å². The summed E-state index contributed by atoms with van der Waals surface area (Å²) < 4.78 is 5.14. The van der Waals surface area contributed by atoms with E-state index < -0.39 is 0 Å². The van der Waals surface area contributed by atoms with E-state index in [1.165, 1.54) is 0 Å². The van der Waals surface area contributed by atoms with Gasteiger partial charge in [0.1, 0.15) is 6.61 Å². The summed E-state index contributed by atoms with van der Waals surface area (Å²) in [4.78, 5) is 0. The van der Waals surface area contributed by atoms with Crippen LogP contribution in [0.25, 0.3) is 0 Å². The number of ether oxygens (including phenoxy) is 1. The Labute approximate surface area is 62.7 Å². The molecule has 0 aliphatic heterocycles. The molecule has 10 heavy (non-hydrogen) atoms. The highest BCUT2D eigenvalue weighted by Crippen LogP contribution is 1.95. The van der Waals surface area contributed by atoms with E-state index in [2.05, 4.69) is 11.8 Å². The molecule has 0 aliphatic carbocycles. The van der Waals surface area contributed by atoms with Gasteiger partial charge in [-0.15, -0.1) is 5.92 Å². The Morgan fingerprint density at radius 1 is 1.50 bits per heavy atom. The maximum Gasteiger partial charge on any atom is 0.107 e. The Balaban J connectivity index is 3.26. The summed E-state index contributed by atoms with van der Waals surface area (Å²) in [6.45, 7) is 6.68. The molecule has 0 aromatic rings. The van der Waals surface area contributed by atoms with E-state index >= 15 is 0 Å². The van der Waals surface area contributed by atoms with Gasteiger partial charge < -0.3 is 10.5 Å². The van der Waals surface area contributed by atoms with Gasteiger partial charge in [0.05, 0.1) is 6.61 Å². The van der Waals surface area contributed by atoms with Crippen LogP contribution in [0.1, 0.15) is 20.8 Å². The summed E-state index contributed by atoms with van der Waals surface area (Å²) in [5.41, 5.74) is 5.40. The zero-order chi connectivity index (χ0) is 8.04. The Kier molecular flexibility index (Phi) is 4.10. The zero-order valence-electron chi connectivity index (χ0n) is 6.90. The second kappa shape index (κ2) is 4.32. The lowest BCUT2D eigenvalue weighted by Gasteiger charge is -2.16. The lowest BCUT2D eigenvalue weighted by atomic mass is 10.1. The Bertz CT molecular complexity index is 136. The van der Waals surface area contributed by atoms with Gasteiger partial charge in [-0.2, -0.15) is 0 Å². The molecular weight excluding hydrogens is 126 g/mol. The van der Waals surface area contributed by atoms with Crippen LogP contribution in [-0.2, 0) is 4.74 Å². The first-order valence-corrected chi connectivity index (χ1v) is 3.32. The first kappa shape index (κ1) is 9.48. The van der Waals surface area contributed by atoms with Crippen molar-refractivity contribution in [2.75, 3.05) is 13.2 Å². The molecule has 0 heterocycles. The van der Waals surface area contributed by atoms with E-state index in [4.69, 9.17) is 10.5 Å². The van der Waals surface area contributed by atoms with Crippen molar-refractivity contribution in [1.82, 2.24) is 0 Å². The Morgan fingerprint density at radius 3 is 2.50 bits per heavy atom. The zero-order valence-corrected chi connectivity index (χ0v) is 6.90. The summed E-state index contributed by atoms with van der Waals surface area (Å²) >= 11 is 0. The maximum absolute atomic E-state index is 5.64. The summed E-state index contributed by atoms with van der Waals surface area (Å²) in [5.74, 6) is 5.53. The first-order chi connectivity index (χ1) is 4.56. The summed E-state index contributed by atoms with van der Waals surface area (Å²) in [5, 5.41) is 0. The molecule has 0 aromatic carbocycles. The van der Waals surface area contributed by atoms with Gasteiger partial charge in [0.25, 0.3) is 0 Å². The molecule has 0 amide bonds. The topological polar surface area (TPSA) is 35.2 Å². The quantitative estimate of drug-likeness (QED) is 0.465. The molecule has 0 radical (unpaired) electrons. The minimum atomic E-state index is -0.241. The summed E-state index contributed by atoms with van der Waals surface area (Å²) in [7, 11) is 0. The Hall–Kier alpha value is -0.520. The van der Waals surface area contributed by atoms with Gasteiger partial charge in [0.2, 0.25) is 0 Å². The second-order valence-corrected chi connectivity index (χ2v) is 2.91. The molecule has 0 aliphatic rings. The highest BCUT2D eigenvalue weighted by Gasteiger charge is 2.08. The van der Waals surface area contributed by atoms with Gasteiger partial charge >= 0.3 is 0 Å². The molecule has 2 heteroatoms. The highest BCUT2D eigenvalue weighted by atomic mass is 16.5. The smallest absolute Gasteiger partial charge is 0.107 e. The third kappa shape index (κ3) is 7.48. The molecule has 0 saturated carbocycles. The number of nitrogens with two attached hydrogens (primary N) is 1. The largest absolute Gasteiger partial charge is 0.367 e. The van der Waals surface area contributed by atoms with Crippen molar-refractivity contribution in [2.24, 2.45) is 5.73 Å². The van der Waals surface area contributed by atoms with Crippen LogP contribution in [0, 0.1) is 11.8 Å². The van der Waals surface area contributed by atoms with Gasteiger partial charge in [0, 0.05) is 5.54 Å². The number of hydrogen-bond donors (Lipinski definition) is 1. The van der Waals surface area contributed by atoms with E-state index in [1.807, 2.05) is 13.8 Å². The van der Waals surface area contributed by atoms with Crippen molar-refractivity contribution in [2.45, 2.75) is 26.3 Å². The predicted octanol–water partition coefficient (Wildman–Crippen LogP) is 0.764. The van der Waals surface area contributed by atoms with Crippen molar-refractivity contribution in [1.29, 1.82) is 0 Å². The van der Waals surface area contributed by atoms with E-state index in [1.54, 1.807) is 6.92 Å². The SMILES string of the molecule is CC#CCOCC(C)(C)N. The first-order valence-electron chi connectivity index (χ1n) is 3.32. The highest BCUT2D eigenvalue weighted by molar-refractivity contribution is 4.95. The molecule has 58 valence electrons. The molecule has 0 saturated heterocycles. The molecular formula is C8H15NO. The maximum atomic E-state index is 5.64. The van der Waals surface area contributed by atoms with Gasteiger partial charge in [-0.25, -0.2) is 0 Å². The predicted molar refractivity (Wildman–Crippen MR) is 42.5 cm³/mol. The van der Waals surface area contributed by atoms with Crippen molar-refractivity contribution < 1.29 is 4.74 Å². The van der Waals surface area contributed by atoms with Crippen LogP contribution < -0.4 is 5.73 Å². The van der Waals surface area contributed by atoms with E-state index in [0.717, 1.165) is 0 Å². The molecule has 0 unspecified atom stereocenters. The molecule has 0 bridgehead atoms. The minimum absolute atomic E-state index is 0.241. The van der Waals surface area contributed by atoms with E-state index in [0.29, 0.717) is 13.2 Å². The van der Waals surface area contributed by atoms with Gasteiger partial charge in [-0.05, 0) is 20.8 Å². The van der Waals surface area contributed by atoms with Gasteiger partial charge in [0.15, 0.2) is 0 Å². The Morgan fingerprint density at radius 2 is 2.10 bits per heavy atom. The van der Waals surface area contributed by atoms with Crippen LogP contribution >= 0.6 is 0 Å². The van der Waals surface area contributed by atoms with Crippen LogP contribution in [0.15, 0.2) is 0 Å². The van der Waals surface area contributed by atoms with Crippen LogP contribution in [-0.4, -0.2) is 18.8 Å². The van der Waals surface area contributed by atoms with Gasteiger partial charge in [-0.3, -0.25) is 0 Å². The molecule has 0 rings (SSSR count). The average molecular weight is 141 g/mol. The van der Waals surface area contributed by atoms with Crippen LogP contribution in [0.5, 0.6) is 0 Å². The van der Waals surface area contributed by atoms with Crippen molar-refractivity contribution in [3.05, 3.63) is 0 Å². The molecule has 0 atom stereocenters. The van der Waals surface area contributed by atoms with Crippen LogP contribution in [0.3, 0.4) is 0 Å². The summed E-state index contributed by atoms with van der Waals surface area (Å²) in [6, 6.07) is 0.